The quantitative estimate of drug-likeness (QED) is 0.614. The fourth-order valence-electron chi connectivity index (χ4n) is 0.667. The minimum absolute atomic E-state index is 0.0602. The van der Waals surface area contributed by atoms with Crippen LogP contribution in [0.2, 0.25) is 0 Å². The van der Waals surface area contributed by atoms with Gasteiger partial charge in [0.15, 0.2) is 4.90 Å². The van der Waals surface area contributed by atoms with E-state index in [4.69, 9.17) is 10.7 Å². The van der Waals surface area contributed by atoms with Crippen LogP contribution in [0.25, 0.3) is 0 Å². The molecule has 4 nitrogen and oxygen atoms in total. The SMILES string of the molecule is O=c1cc[nH]c(Br)c1S(=O)(=O)Cl. The normalized spacial score (nSPS) is 11.5. The van der Waals surface area contributed by atoms with Crippen molar-refractivity contribution in [1.82, 2.24) is 4.98 Å². The van der Waals surface area contributed by atoms with Gasteiger partial charge in [-0.2, -0.15) is 0 Å². The monoisotopic (exact) mass is 271 g/mol. The zero-order valence-electron chi connectivity index (χ0n) is 5.54. The third-order valence-corrected chi connectivity index (χ3v) is 3.36. The molecule has 66 valence electrons. The molecule has 12 heavy (non-hydrogen) atoms. The molecule has 0 aliphatic heterocycles. The Morgan fingerprint density at radius 2 is 2.08 bits per heavy atom. The Kier molecular flexibility index (Phi) is 2.60. The van der Waals surface area contributed by atoms with Gasteiger partial charge < -0.3 is 4.98 Å². The van der Waals surface area contributed by atoms with E-state index in [9.17, 15) is 13.2 Å². The number of aromatic nitrogens is 1. The molecule has 0 spiro atoms. The van der Waals surface area contributed by atoms with Gasteiger partial charge in [-0.3, -0.25) is 4.79 Å². The first-order valence-electron chi connectivity index (χ1n) is 2.75. The van der Waals surface area contributed by atoms with Crippen LogP contribution in [-0.4, -0.2) is 13.4 Å². The average molecular weight is 273 g/mol. The number of pyridine rings is 1. The first-order valence-corrected chi connectivity index (χ1v) is 5.85. The van der Waals surface area contributed by atoms with Crippen molar-refractivity contribution in [2.45, 2.75) is 4.90 Å². The summed E-state index contributed by atoms with van der Waals surface area (Å²) in [6.45, 7) is 0. The molecule has 0 unspecified atom stereocenters. The summed E-state index contributed by atoms with van der Waals surface area (Å²) in [5, 5.41) is 0. The Morgan fingerprint density at radius 3 is 2.42 bits per heavy atom. The van der Waals surface area contributed by atoms with E-state index in [1.165, 1.54) is 6.20 Å². The molecule has 1 aromatic rings. The lowest BCUT2D eigenvalue weighted by Gasteiger charge is -1.96. The van der Waals surface area contributed by atoms with E-state index in [1.807, 2.05) is 0 Å². The molecule has 0 amide bonds. The van der Waals surface area contributed by atoms with Gasteiger partial charge in [0.2, 0.25) is 5.43 Å². The van der Waals surface area contributed by atoms with Gasteiger partial charge in [-0.05, 0) is 15.9 Å². The van der Waals surface area contributed by atoms with Crippen molar-refractivity contribution in [3.63, 3.8) is 0 Å². The number of H-pyrrole nitrogens is 1. The Morgan fingerprint density at radius 1 is 1.50 bits per heavy atom. The Balaban J connectivity index is 3.65. The molecule has 1 heterocycles. The maximum atomic E-state index is 11.0. The Bertz CT molecular complexity index is 452. The maximum Gasteiger partial charge on any atom is 0.267 e. The number of hydrogen-bond acceptors (Lipinski definition) is 3. The molecule has 0 aliphatic rings. The van der Waals surface area contributed by atoms with Gasteiger partial charge in [-0.1, -0.05) is 0 Å². The lowest BCUT2D eigenvalue weighted by molar-refractivity contribution is 0.608. The number of halogens is 2. The largest absolute Gasteiger partial charge is 0.355 e. The first-order chi connectivity index (χ1) is 5.43. The van der Waals surface area contributed by atoms with Gasteiger partial charge in [0.1, 0.15) is 4.60 Å². The number of rotatable bonds is 1. The van der Waals surface area contributed by atoms with Crippen molar-refractivity contribution in [3.8, 4) is 0 Å². The van der Waals surface area contributed by atoms with Crippen LogP contribution in [0.1, 0.15) is 0 Å². The molecule has 0 atom stereocenters. The van der Waals surface area contributed by atoms with Crippen molar-refractivity contribution in [1.29, 1.82) is 0 Å². The van der Waals surface area contributed by atoms with Gasteiger partial charge in [-0.15, -0.1) is 0 Å². The van der Waals surface area contributed by atoms with Gasteiger partial charge in [0.05, 0.1) is 0 Å². The highest BCUT2D eigenvalue weighted by Crippen LogP contribution is 2.18. The topological polar surface area (TPSA) is 67.0 Å². The van der Waals surface area contributed by atoms with Gasteiger partial charge in [0.25, 0.3) is 9.05 Å². The summed E-state index contributed by atoms with van der Waals surface area (Å²) in [6.07, 6.45) is 1.32. The molecular weight excluding hydrogens is 269 g/mol. The van der Waals surface area contributed by atoms with Gasteiger partial charge in [0, 0.05) is 22.9 Å². The fraction of sp³-hybridized carbons (Fsp3) is 0. The van der Waals surface area contributed by atoms with Crippen molar-refractivity contribution in [2.24, 2.45) is 0 Å². The van der Waals surface area contributed by atoms with Crippen molar-refractivity contribution in [3.05, 3.63) is 27.1 Å². The zero-order chi connectivity index (χ0) is 9.35. The minimum Gasteiger partial charge on any atom is -0.355 e. The van der Waals surface area contributed by atoms with E-state index in [1.54, 1.807) is 0 Å². The maximum absolute atomic E-state index is 11.0. The van der Waals surface area contributed by atoms with E-state index >= 15 is 0 Å². The molecule has 0 saturated heterocycles. The highest BCUT2D eigenvalue weighted by molar-refractivity contribution is 9.10. The Labute approximate surface area is 81.1 Å². The van der Waals surface area contributed by atoms with Gasteiger partial charge >= 0.3 is 0 Å². The summed E-state index contributed by atoms with van der Waals surface area (Å²) in [5.74, 6) is 0. The lowest BCUT2D eigenvalue weighted by atomic mass is 10.5. The van der Waals surface area contributed by atoms with Crippen LogP contribution < -0.4 is 5.43 Å². The van der Waals surface area contributed by atoms with Crippen molar-refractivity contribution in [2.75, 3.05) is 0 Å². The van der Waals surface area contributed by atoms with Crippen LogP contribution in [0.15, 0.2) is 26.6 Å². The molecule has 0 fully saturated rings. The van der Waals surface area contributed by atoms with Gasteiger partial charge in [-0.25, -0.2) is 8.42 Å². The summed E-state index contributed by atoms with van der Waals surface area (Å²) in [7, 11) is 1.01. The van der Waals surface area contributed by atoms with Crippen LogP contribution in [0.5, 0.6) is 0 Å². The second kappa shape index (κ2) is 3.20. The Hall–Kier alpha value is -0.330. The molecule has 0 radical (unpaired) electrons. The lowest BCUT2D eigenvalue weighted by Crippen LogP contribution is -2.11. The summed E-state index contributed by atoms with van der Waals surface area (Å²) in [5.41, 5.74) is -0.643. The number of aromatic amines is 1. The van der Waals surface area contributed by atoms with E-state index in [-0.39, 0.29) is 4.60 Å². The molecule has 0 aromatic carbocycles. The second-order valence-corrected chi connectivity index (χ2v) is 5.22. The smallest absolute Gasteiger partial charge is 0.267 e. The fourth-order valence-corrected chi connectivity index (χ4v) is 2.95. The van der Waals surface area contributed by atoms with E-state index in [0.717, 1.165) is 6.07 Å². The standard InChI is InChI=1S/C5H3BrClNO3S/c6-5-4(12(7,10)11)3(9)1-2-8-5/h1-2H,(H,8,9). The molecule has 0 bridgehead atoms. The molecule has 0 saturated carbocycles. The summed E-state index contributed by atoms with van der Waals surface area (Å²) >= 11 is 2.86. The third kappa shape index (κ3) is 1.88. The third-order valence-electron chi connectivity index (χ3n) is 1.11. The summed E-state index contributed by atoms with van der Waals surface area (Å²) in [6, 6.07) is 1.08. The predicted molar refractivity (Wildman–Crippen MR) is 47.8 cm³/mol. The minimum atomic E-state index is -3.98. The van der Waals surface area contributed by atoms with E-state index in [0.29, 0.717) is 0 Å². The molecule has 1 aromatic heterocycles. The van der Waals surface area contributed by atoms with Crippen LogP contribution >= 0.6 is 26.6 Å². The molecular formula is C5H3BrClNO3S. The highest BCUT2D eigenvalue weighted by atomic mass is 79.9. The van der Waals surface area contributed by atoms with E-state index < -0.39 is 19.4 Å². The van der Waals surface area contributed by atoms with E-state index in [2.05, 4.69) is 20.9 Å². The molecule has 7 heteroatoms. The predicted octanol–water partition coefficient (Wildman–Crippen LogP) is 1.06. The van der Waals surface area contributed by atoms with Crippen LogP contribution in [-0.2, 0) is 9.05 Å². The van der Waals surface area contributed by atoms with Crippen LogP contribution in [0.3, 0.4) is 0 Å². The van der Waals surface area contributed by atoms with Crippen molar-refractivity contribution >= 4 is 35.7 Å². The molecule has 1 N–H and O–H groups in total. The van der Waals surface area contributed by atoms with Crippen molar-refractivity contribution < 1.29 is 8.42 Å². The number of nitrogens with one attached hydrogen (secondary N) is 1. The van der Waals surface area contributed by atoms with Crippen LogP contribution in [0, 0.1) is 0 Å². The summed E-state index contributed by atoms with van der Waals surface area (Å²) < 4.78 is 21.6. The summed E-state index contributed by atoms with van der Waals surface area (Å²) in [4.78, 5) is 13.0. The number of hydrogen-bond donors (Lipinski definition) is 1. The molecule has 0 aliphatic carbocycles. The highest BCUT2D eigenvalue weighted by Gasteiger charge is 2.18. The second-order valence-electron chi connectivity index (χ2n) is 1.92. The van der Waals surface area contributed by atoms with Crippen LogP contribution in [0.4, 0.5) is 0 Å². The molecule has 1 rings (SSSR count). The average Bonchev–Trinajstić information content (AvgIpc) is 1.82. The zero-order valence-corrected chi connectivity index (χ0v) is 8.70. The first kappa shape index (κ1) is 9.76.